The van der Waals surface area contributed by atoms with Gasteiger partial charge in [0.15, 0.2) is 0 Å². The van der Waals surface area contributed by atoms with Gasteiger partial charge in [-0.3, -0.25) is 14.7 Å². The van der Waals surface area contributed by atoms with Gasteiger partial charge in [-0.05, 0) is 48.9 Å². The predicted octanol–water partition coefficient (Wildman–Crippen LogP) is 2.33. The van der Waals surface area contributed by atoms with Gasteiger partial charge < -0.3 is 9.64 Å². The summed E-state index contributed by atoms with van der Waals surface area (Å²) in [5, 5.41) is 0. The van der Waals surface area contributed by atoms with Gasteiger partial charge in [0.1, 0.15) is 5.75 Å². The summed E-state index contributed by atoms with van der Waals surface area (Å²) >= 11 is 0. The van der Waals surface area contributed by atoms with Gasteiger partial charge in [0.25, 0.3) is 0 Å². The smallest absolute Gasteiger partial charge is 0.244 e. The van der Waals surface area contributed by atoms with Crippen LogP contribution in [0, 0.1) is 0 Å². The highest BCUT2D eigenvalue weighted by atomic mass is 16.5. The van der Waals surface area contributed by atoms with E-state index in [0.29, 0.717) is 6.54 Å². The number of amides is 1. The molecule has 1 fully saturated rings. The lowest BCUT2D eigenvalue weighted by atomic mass is 10.1. The monoisotopic (exact) mass is 311 g/mol. The lowest BCUT2D eigenvalue weighted by Gasteiger charge is -2.39. The van der Waals surface area contributed by atoms with Gasteiger partial charge in [0.05, 0.1) is 13.2 Å². The standard InChI is InChI=1S/C18H21N3O2/c1-14-18(22)21(16-3-5-17(23-2)6-4-16)12-11-20(14)13-15-7-9-19-10-8-15/h3-10,14H,11-13H2,1-2H3/t14-/m1/s1. The topological polar surface area (TPSA) is 45.7 Å². The second-order valence-corrected chi connectivity index (χ2v) is 5.69. The summed E-state index contributed by atoms with van der Waals surface area (Å²) in [5.74, 6) is 0.932. The van der Waals surface area contributed by atoms with Crippen molar-refractivity contribution in [3.05, 3.63) is 54.4 Å². The Morgan fingerprint density at radius 3 is 2.48 bits per heavy atom. The molecule has 0 spiro atoms. The van der Waals surface area contributed by atoms with E-state index in [4.69, 9.17) is 4.74 Å². The van der Waals surface area contributed by atoms with E-state index in [-0.39, 0.29) is 11.9 Å². The number of nitrogens with zero attached hydrogens (tertiary/aromatic N) is 3. The van der Waals surface area contributed by atoms with Crippen molar-refractivity contribution < 1.29 is 9.53 Å². The van der Waals surface area contributed by atoms with Crippen molar-refractivity contribution in [3.8, 4) is 5.75 Å². The number of carbonyl (C=O) groups excluding carboxylic acids is 1. The number of carbonyl (C=O) groups is 1. The molecule has 1 saturated heterocycles. The Labute approximate surface area is 136 Å². The Morgan fingerprint density at radius 2 is 1.83 bits per heavy atom. The van der Waals surface area contributed by atoms with E-state index in [2.05, 4.69) is 9.88 Å². The van der Waals surface area contributed by atoms with E-state index < -0.39 is 0 Å². The Kier molecular flexibility index (Phi) is 4.57. The zero-order valence-electron chi connectivity index (χ0n) is 13.5. The van der Waals surface area contributed by atoms with Gasteiger partial charge in [-0.2, -0.15) is 0 Å². The van der Waals surface area contributed by atoms with Crippen LogP contribution in [-0.2, 0) is 11.3 Å². The lowest BCUT2D eigenvalue weighted by Crippen LogP contribution is -2.55. The highest BCUT2D eigenvalue weighted by Crippen LogP contribution is 2.23. The quantitative estimate of drug-likeness (QED) is 0.869. The molecular formula is C18H21N3O2. The molecule has 2 aromatic rings. The SMILES string of the molecule is COc1ccc(N2CCN(Cc3ccncc3)[C@H](C)C2=O)cc1. The largest absolute Gasteiger partial charge is 0.497 e. The summed E-state index contributed by atoms with van der Waals surface area (Å²) in [7, 11) is 1.64. The fourth-order valence-corrected chi connectivity index (χ4v) is 2.87. The maximum Gasteiger partial charge on any atom is 0.244 e. The van der Waals surface area contributed by atoms with E-state index >= 15 is 0 Å². The Hall–Kier alpha value is -2.40. The van der Waals surface area contributed by atoms with Gasteiger partial charge >= 0.3 is 0 Å². The van der Waals surface area contributed by atoms with Crippen LogP contribution in [0.3, 0.4) is 0 Å². The van der Waals surface area contributed by atoms with E-state index in [0.717, 1.165) is 24.5 Å². The summed E-state index contributed by atoms with van der Waals surface area (Å²) in [6, 6.07) is 11.5. The van der Waals surface area contributed by atoms with E-state index in [1.54, 1.807) is 19.5 Å². The van der Waals surface area contributed by atoms with Crippen LogP contribution in [0.4, 0.5) is 5.69 Å². The first kappa shape index (κ1) is 15.5. The maximum absolute atomic E-state index is 12.7. The van der Waals surface area contributed by atoms with Crippen molar-refractivity contribution in [1.82, 2.24) is 9.88 Å². The van der Waals surface area contributed by atoms with Crippen LogP contribution >= 0.6 is 0 Å². The van der Waals surface area contributed by atoms with Gasteiger partial charge in [-0.1, -0.05) is 0 Å². The Morgan fingerprint density at radius 1 is 1.13 bits per heavy atom. The van der Waals surface area contributed by atoms with Crippen LogP contribution in [0.2, 0.25) is 0 Å². The third kappa shape index (κ3) is 3.35. The van der Waals surface area contributed by atoms with Crippen LogP contribution in [0.5, 0.6) is 5.75 Å². The van der Waals surface area contributed by atoms with Crippen LogP contribution in [0.25, 0.3) is 0 Å². The Balaban J connectivity index is 1.70. The molecule has 1 aliphatic rings. The first-order valence-corrected chi connectivity index (χ1v) is 7.77. The molecule has 0 aliphatic carbocycles. The van der Waals surface area contributed by atoms with Crippen molar-refractivity contribution in [2.45, 2.75) is 19.5 Å². The summed E-state index contributed by atoms with van der Waals surface area (Å²) in [6.07, 6.45) is 3.57. The zero-order chi connectivity index (χ0) is 16.2. The van der Waals surface area contributed by atoms with Gasteiger partial charge in [-0.25, -0.2) is 0 Å². The lowest BCUT2D eigenvalue weighted by molar-refractivity contribution is -0.125. The summed E-state index contributed by atoms with van der Waals surface area (Å²) < 4.78 is 5.17. The molecule has 1 atom stereocenters. The van der Waals surface area contributed by atoms with Crippen LogP contribution in [-0.4, -0.2) is 42.0 Å². The maximum atomic E-state index is 12.7. The van der Waals surface area contributed by atoms with Crippen LogP contribution in [0.1, 0.15) is 12.5 Å². The third-order valence-electron chi connectivity index (χ3n) is 4.30. The highest BCUT2D eigenvalue weighted by Gasteiger charge is 2.32. The molecule has 23 heavy (non-hydrogen) atoms. The molecule has 3 rings (SSSR count). The van der Waals surface area contributed by atoms with Gasteiger partial charge in [0.2, 0.25) is 5.91 Å². The van der Waals surface area contributed by atoms with Crippen LogP contribution < -0.4 is 9.64 Å². The van der Waals surface area contributed by atoms with Crippen molar-refractivity contribution >= 4 is 11.6 Å². The predicted molar refractivity (Wildman–Crippen MR) is 89.5 cm³/mol. The summed E-state index contributed by atoms with van der Waals surface area (Å²) in [5.41, 5.74) is 2.10. The molecule has 0 N–H and O–H groups in total. The van der Waals surface area contributed by atoms with Crippen molar-refractivity contribution in [1.29, 1.82) is 0 Å². The van der Waals surface area contributed by atoms with E-state index in [9.17, 15) is 4.79 Å². The molecule has 120 valence electrons. The molecule has 5 nitrogen and oxygen atoms in total. The molecule has 1 aromatic carbocycles. The van der Waals surface area contributed by atoms with Crippen LogP contribution in [0.15, 0.2) is 48.8 Å². The minimum Gasteiger partial charge on any atom is -0.497 e. The van der Waals surface area contributed by atoms with Crippen molar-refractivity contribution in [2.24, 2.45) is 0 Å². The number of anilines is 1. The number of hydrogen-bond acceptors (Lipinski definition) is 4. The average Bonchev–Trinajstić information content (AvgIpc) is 2.60. The van der Waals surface area contributed by atoms with Crippen molar-refractivity contribution in [2.75, 3.05) is 25.1 Å². The van der Waals surface area contributed by atoms with E-state index in [1.165, 1.54) is 5.56 Å². The minimum absolute atomic E-state index is 0.135. The molecule has 1 aromatic heterocycles. The normalized spacial score (nSPS) is 19.0. The second kappa shape index (κ2) is 6.79. The molecule has 2 heterocycles. The number of piperazine rings is 1. The number of ether oxygens (including phenoxy) is 1. The molecular weight excluding hydrogens is 290 g/mol. The number of pyridine rings is 1. The first-order valence-electron chi connectivity index (χ1n) is 7.77. The van der Waals surface area contributed by atoms with Gasteiger partial charge in [-0.15, -0.1) is 0 Å². The fourth-order valence-electron chi connectivity index (χ4n) is 2.87. The van der Waals surface area contributed by atoms with Gasteiger partial charge in [0, 0.05) is 37.7 Å². The second-order valence-electron chi connectivity index (χ2n) is 5.69. The third-order valence-corrected chi connectivity index (χ3v) is 4.30. The number of methoxy groups -OCH3 is 1. The fraction of sp³-hybridized carbons (Fsp3) is 0.333. The summed E-state index contributed by atoms with van der Waals surface area (Å²) in [4.78, 5) is 20.8. The molecule has 0 unspecified atom stereocenters. The zero-order valence-corrected chi connectivity index (χ0v) is 13.5. The highest BCUT2D eigenvalue weighted by molar-refractivity contribution is 5.97. The number of hydrogen-bond donors (Lipinski definition) is 0. The van der Waals surface area contributed by atoms with E-state index in [1.807, 2.05) is 48.2 Å². The molecule has 0 radical (unpaired) electrons. The van der Waals surface area contributed by atoms with Crippen molar-refractivity contribution in [3.63, 3.8) is 0 Å². The summed E-state index contributed by atoms with van der Waals surface area (Å²) in [6.45, 7) is 4.28. The molecule has 1 amide bonds. The minimum atomic E-state index is -0.140. The Bertz CT molecular complexity index is 658. The molecule has 1 aliphatic heterocycles. The molecule has 0 bridgehead atoms. The number of benzene rings is 1. The number of aromatic nitrogens is 1. The molecule has 0 saturated carbocycles. The number of rotatable bonds is 4. The molecule has 5 heteroatoms. The first-order chi connectivity index (χ1) is 11.2. The average molecular weight is 311 g/mol.